The molecule has 0 heterocycles. The molecule has 1 heteroatoms. The first-order chi connectivity index (χ1) is 8.90. The minimum absolute atomic E-state index is 1.08. The first-order valence-corrected chi connectivity index (χ1v) is 7.36. The van der Waals surface area contributed by atoms with Gasteiger partial charge < -0.3 is 5.32 Å². The van der Waals surface area contributed by atoms with Crippen molar-refractivity contribution in [1.29, 1.82) is 0 Å². The lowest BCUT2D eigenvalue weighted by molar-refractivity contribution is 0.678. The lowest BCUT2D eigenvalue weighted by atomic mass is 10.0. The van der Waals surface area contributed by atoms with Gasteiger partial charge >= 0.3 is 0 Å². The lowest BCUT2D eigenvalue weighted by Gasteiger charge is -2.02. The zero-order valence-electron chi connectivity index (χ0n) is 11.5. The second-order valence-corrected chi connectivity index (χ2v) is 5.17. The summed E-state index contributed by atoms with van der Waals surface area (Å²) in [6, 6.07) is 7.03. The van der Waals surface area contributed by atoms with Crippen LogP contribution in [0.3, 0.4) is 0 Å². The number of fused-ring (bicyclic) bond motifs is 1. The number of benzene rings is 1. The molecule has 1 aromatic rings. The Morgan fingerprint density at radius 2 is 2.00 bits per heavy atom. The van der Waals surface area contributed by atoms with Crippen LogP contribution in [-0.4, -0.2) is 13.1 Å². The van der Waals surface area contributed by atoms with Gasteiger partial charge in [-0.3, -0.25) is 0 Å². The molecule has 0 aliphatic heterocycles. The molecule has 0 saturated carbocycles. The van der Waals surface area contributed by atoms with E-state index in [-0.39, 0.29) is 0 Å². The maximum atomic E-state index is 3.42. The molecule has 0 spiro atoms. The Kier molecular flexibility index (Phi) is 5.47. The van der Waals surface area contributed by atoms with Gasteiger partial charge in [0.05, 0.1) is 0 Å². The molecule has 1 N–H and O–H groups in total. The van der Waals surface area contributed by atoms with Crippen LogP contribution in [0.5, 0.6) is 0 Å². The molecule has 0 aromatic heterocycles. The smallest absolute Gasteiger partial charge is 0.00143 e. The number of rotatable bonds is 7. The van der Waals surface area contributed by atoms with E-state index in [9.17, 15) is 0 Å². The van der Waals surface area contributed by atoms with Crippen molar-refractivity contribution in [3.63, 3.8) is 0 Å². The van der Waals surface area contributed by atoms with Crippen LogP contribution in [0.4, 0.5) is 0 Å². The fourth-order valence-corrected chi connectivity index (χ4v) is 2.58. The Bertz CT molecular complexity index is 393. The summed E-state index contributed by atoms with van der Waals surface area (Å²) in [5.74, 6) is 0. The van der Waals surface area contributed by atoms with E-state index in [4.69, 9.17) is 0 Å². The molecule has 98 valence electrons. The van der Waals surface area contributed by atoms with E-state index in [1.807, 2.05) is 0 Å². The third kappa shape index (κ3) is 3.99. The number of hydrogen-bond donors (Lipinski definition) is 1. The van der Waals surface area contributed by atoms with Gasteiger partial charge in [-0.2, -0.15) is 0 Å². The average Bonchev–Trinajstić information content (AvgIpc) is 2.85. The fourth-order valence-electron chi connectivity index (χ4n) is 2.58. The number of hydrogen-bond acceptors (Lipinski definition) is 1. The van der Waals surface area contributed by atoms with Crippen molar-refractivity contribution in [2.24, 2.45) is 0 Å². The maximum absolute atomic E-state index is 3.42. The van der Waals surface area contributed by atoms with E-state index in [2.05, 4.69) is 42.6 Å². The van der Waals surface area contributed by atoms with Crippen molar-refractivity contribution < 1.29 is 0 Å². The van der Waals surface area contributed by atoms with Crippen LogP contribution in [0.15, 0.2) is 30.4 Å². The average molecular weight is 243 g/mol. The summed E-state index contributed by atoms with van der Waals surface area (Å²) in [5.41, 5.74) is 4.63. The Hall–Kier alpha value is -1.08. The topological polar surface area (TPSA) is 12.0 Å². The van der Waals surface area contributed by atoms with Gasteiger partial charge in [-0.05, 0) is 68.3 Å². The molecule has 1 aliphatic carbocycles. The highest BCUT2D eigenvalue weighted by Gasteiger charge is 2.09. The number of aryl methyl sites for hydroxylation is 2. The second kappa shape index (κ2) is 7.38. The quantitative estimate of drug-likeness (QED) is 0.569. The molecule has 0 amide bonds. The summed E-state index contributed by atoms with van der Waals surface area (Å²) in [7, 11) is 0. The van der Waals surface area contributed by atoms with Crippen molar-refractivity contribution in [3.8, 4) is 0 Å². The van der Waals surface area contributed by atoms with E-state index >= 15 is 0 Å². The summed E-state index contributed by atoms with van der Waals surface area (Å²) in [5, 5.41) is 3.42. The van der Waals surface area contributed by atoms with Crippen LogP contribution in [0.25, 0.3) is 0 Å². The molecule has 0 fully saturated rings. The maximum Gasteiger partial charge on any atom is -0.00143 e. The van der Waals surface area contributed by atoms with Crippen LogP contribution < -0.4 is 5.32 Å². The van der Waals surface area contributed by atoms with Crippen LogP contribution in [0.2, 0.25) is 0 Å². The highest BCUT2D eigenvalue weighted by atomic mass is 14.8. The minimum Gasteiger partial charge on any atom is -0.316 e. The molecule has 2 rings (SSSR count). The second-order valence-electron chi connectivity index (χ2n) is 5.17. The summed E-state index contributed by atoms with van der Waals surface area (Å²) in [6.45, 7) is 4.45. The monoisotopic (exact) mass is 243 g/mol. The van der Waals surface area contributed by atoms with Crippen molar-refractivity contribution in [2.75, 3.05) is 13.1 Å². The van der Waals surface area contributed by atoms with Gasteiger partial charge in [-0.1, -0.05) is 37.3 Å². The lowest BCUT2D eigenvalue weighted by Crippen LogP contribution is -2.14. The van der Waals surface area contributed by atoms with E-state index < -0.39 is 0 Å². The Morgan fingerprint density at radius 1 is 1.11 bits per heavy atom. The molecule has 0 unspecified atom stereocenters. The van der Waals surface area contributed by atoms with Gasteiger partial charge in [0.1, 0.15) is 0 Å². The van der Waals surface area contributed by atoms with E-state index in [0.717, 1.165) is 25.9 Å². The minimum atomic E-state index is 1.08. The standard InChI is InChI=1S/C17H25N/c1-2-12-18-13-5-3-4-7-15-10-11-16-8-6-9-17(16)14-15/h3-4,10-11,14,18H,2,5-9,12-13H2,1H3. The normalized spacial score (nSPS) is 14.3. The molecule has 0 bridgehead atoms. The highest BCUT2D eigenvalue weighted by molar-refractivity contribution is 5.35. The van der Waals surface area contributed by atoms with E-state index in [1.165, 1.54) is 31.2 Å². The summed E-state index contributed by atoms with van der Waals surface area (Å²) in [4.78, 5) is 0. The molecule has 1 aliphatic rings. The van der Waals surface area contributed by atoms with Crippen molar-refractivity contribution in [1.82, 2.24) is 5.32 Å². The van der Waals surface area contributed by atoms with Crippen molar-refractivity contribution in [2.45, 2.75) is 45.4 Å². The molecule has 0 atom stereocenters. The Balaban J connectivity index is 1.71. The predicted octanol–water partition coefficient (Wildman–Crippen LogP) is 3.66. The van der Waals surface area contributed by atoms with Gasteiger partial charge in [0.2, 0.25) is 0 Å². The van der Waals surface area contributed by atoms with Gasteiger partial charge in [-0.15, -0.1) is 0 Å². The van der Waals surface area contributed by atoms with Crippen molar-refractivity contribution in [3.05, 3.63) is 47.0 Å². The molecule has 1 aromatic carbocycles. The first kappa shape index (κ1) is 13.4. The first-order valence-electron chi connectivity index (χ1n) is 7.36. The largest absolute Gasteiger partial charge is 0.316 e. The third-order valence-electron chi connectivity index (χ3n) is 3.60. The van der Waals surface area contributed by atoms with Gasteiger partial charge in [0.15, 0.2) is 0 Å². The summed E-state index contributed by atoms with van der Waals surface area (Å²) in [6.07, 6.45) is 12.0. The van der Waals surface area contributed by atoms with Crippen molar-refractivity contribution >= 4 is 0 Å². The number of nitrogens with one attached hydrogen (secondary N) is 1. The Labute approximate surface area is 111 Å². The van der Waals surface area contributed by atoms with Crippen LogP contribution in [0, 0.1) is 0 Å². The van der Waals surface area contributed by atoms with E-state index in [1.54, 1.807) is 11.1 Å². The fraction of sp³-hybridized carbons (Fsp3) is 0.529. The Morgan fingerprint density at radius 3 is 2.89 bits per heavy atom. The number of allylic oxidation sites excluding steroid dienone is 1. The molecular weight excluding hydrogens is 218 g/mol. The molecule has 1 nitrogen and oxygen atoms in total. The predicted molar refractivity (Wildman–Crippen MR) is 79.1 cm³/mol. The molecular formula is C17H25N. The molecule has 18 heavy (non-hydrogen) atoms. The summed E-state index contributed by atoms with van der Waals surface area (Å²) < 4.78 is 0. The van der Waals surface area contributed by atoms with Crippen LogP contribution in [0.1, 0.15) is 42.9 Å². The SMILES string of the molecule is CCCNCCC=CCc1ccc2c(c1)CCC2. The zero-order chi connectivity index (χ0) is 12.6. The van der Waals surface area contributed by atoms with E-state index in [0.29, 0.717) is 0 Å². The van der Waals surface area contributed by atoms with Crippen LogP contribution >= 0.6 is 0 Å². The van der Waals surface area contributed by atoms with Crippen LogP contribution in [-0.2, 0) is 19.3 Å². The molecule has 0 radical (unpaired) electrons. The van der Waals surface area contributed by atoms with Gasteiger partial charge in [0.25, 0.3) is 0 Å². The van der Waals surface area contributed by atoms with Gasteiger partial charge in [-0.25, -0.2) is 0 Å². The summed E-state index contributed by atoms with van der Waals surface area (Å²) >= 11 is 0. The molecule has 0 saturated heterocycles. The highest BCUT2D eigenvalue weighted by Crippen LogP contribution is 2.23. The van der Waals surface area contributed by atoms with Gasteiger partial charge in [0, 0.05) is 0 Å². The third-order valence-corrected chi connectivity index (χ3v) is 3.60. The zero-order valence-corrected chi connectivity index (χ0v) is 11.5.